The van der Waals surface area contributed by atoms with Crippen molar-refractivity contribution in [3.63, 3.8) is 0 Å². The second-order valence-electron chi connectivity index (χ2n) is 5.96. The van der Waals surface area contributed by atoms with E-state index in [1.165, 1.54) is 5.69 Å². The van der Waals surface area contributed by atoms with Gasteiger partial charge in [-0.25, -0.2) is 6.57 Å². The SMILES string of the molecule is [C-]#[N+]C1(Nc2ccc(N3CCN(C)CC3)cc2)CCC1. The van der Waals surface area contributed by atoms with Crippen molar-refractivity contribution >= 4 is 11.4 Å². The number of nitrogens with zero attached hydrogens (tertiary/aromatic N) is 3. The third kappa shape index (κ3) is 2.59. The van der Waals surface area contributed by atoms with E-state index in [4.69, 9.17) is 6.57 Å². The van der Waals surface area contributed by atoms with Gasteiger partial charge in [-0.3, -0.25) is 4.85 Å². The molecule has 1 aliphatic carbocycles. The molecule has 1 aromatic rings. The van der Waals surface area contributed by atoms with Crippen LogP contribution in [0.15, 0.2) is 24.3 Å². The van der Waals surface area contributed by atoms with Crippen LogP contribution in [0.1, 0.15) is 19.3 Å². The fourth-order valence-corrected chi connectivity index (χ4v) is 2.87. The predicted octanol–water partition coefficient (Wildman–Crippen LogP) is 2.65. The molecule has 3 rings (SSSR count). The molecule has 0 unspecified atom stereocenters. The summed E-state index contributed by atoms with van der Waals surface area (Å²) in [5.41, 5.74) is 2.03. The number of hydrogen-bond acceptors (Lipinski definition) is 3. The Labute approximate surface area is 121 Å². The molecular weight excluding hydrogens is 248 g/mol. The summed E-state index contributed by atoms with van der Waals surface area (Å²) in [6, 6.07) is 8.56. The fourth-order valence-electron chi connectivity index (χ4n) is 2.87. The molecule has 2 aliphatic rings. The Morgan fingerprint density at radius 2 is 1.75 bits per heavy atom. The van der Waals surface area contributed by atoms with Crippen LogP contribution in [-0.4, -0.2) is 43.8 Å². The van der Waals surface area contributed by atoms with Crippen molar-refractivity contribution in [2.45, 2.75) is 24.9 Å². The van der Waals surface area contributed by atoms with Crippen LogP contribution in [0.5, 0.6) is 0 Å². The van der Waals surface area contributed by atoms with Crippen LogP contribution >= 0.6 is 0 Å². The zero-order valence-electron chi connectivity index (χ0n) is 12.1. The third-order valence-corrected chi connectivity index (χ3v) is 4.51. The largest absolute Gasteiger partial charge is 0.369 e. The maximum atomic E-state index is 7.33. The Balaban J connectivity index is 1.64. The van der Waals surface area contributed by atoms with E-state index in [-0.39, 0.29) is 5.66 Å². The van der Waals surface area contributed by atoms with Gasteiger partial charge in [0.05, 0.1) is 0 Å². The molecule has 1 heterocycles. The first-order valence-electron chi connectivity index (χ1n) is 7.41. The van der Waals surface area contributed by atoms with Crippen LogP contribution in [0.2, 0.25) is 0 Å². The predicted molar refractivity (Wildman–Crippen MR) is 83.0 cm³/mol. The first kappa shape index (κ1) is 13.3. The third-order valence-electron chi connectivity index (χ3n) is 4.51. The van der Waals surface area contributed by atoms with Crippen LogP contribution in [0.3, 0.4) is 0 Å². The minimum absolute atomic E-state index is 0.324. The molecule has 0 amide bonds. The number of nitrogens with one attached hydrogen (secondary N) is 1. The van der Waals surface area contributed by atoms with Gasteiger partial charge in [0, 0.05) is 50.4 Å². The summed E-state index contributed by atoms with van der Waals surface area (Å²) in [6.45, 7) is 11.8. The normalized spacial score (nSPS) is 21.9. The lowest BCUT2D eigenvalue weighted by molar-refractivity contribution is 0.313. The molecule has 1 aromatic carbocycles. The summed E-state index contributed by atoms with van der Waals surface area (Å²) < 4.78 is 0. The molecule has 1 saturated heterocycles. The summed E-state index contributed by atoms with van der Waals surface area (Å²) in [5, 5.41) is 3.40. The smallest absolute Gasteiger partial charge is 0.305 e. The van der Waals surface area contributed by atoms with Crippen molar-refractivity contribution in [3.05, 3.63) is 35.7 Å². The average Bonchev–Trinajstić information content (AvgIpc) is 2.45. The first-order chi connectivity index (χ1) is 9.71. The second kappa shape index (κ2) is 5.34. The van der Waals surface area contributed by atoms with Crippen LogP contribution in [0, 0.1) is 6.57 Å². The van der Waals surface area contributed by atoms with E-state index in [0.29, 0.717) is 0 Å². The Kier molecular flexibility index (Phi) is 3.54. The molecule has 0 spiro atoms. The number of anilines is 2. The van der Waals surface area contributed by atoms with Gasteiger partial charge in [-0.2, -0.15) is 0 Å². The molecule has 0 bridgehead atoms. The summed E-state index contributed by atoms with van der Waals surface area (Å²) in [5.74, 6) is 0. The highest BCUT2D eigenvalue weighted by molar-refractivity contribution is 5.56. The minimum atomic E-state index is -0.324. The monoisotopic (exact) mass is 270 g/mol. The van der Waals surface area contributed by atoms with E-state index in [9.17, 15) is 0 Å². The van der Waals surface area contributed by atoms with Crippen molar-refractivity contribution < 1.29 is 0 Å². The maximum absolute atomic E-state index is 7.33. The molecule has 0 atom stereocenters. The van der Waals surface area contributed by atoms with Gasteiger partial charge in [0.2, 0.25) is 0 Å². The van der Waals surface area contributed by atoms with Crippen molar-refractivity contribution in [1.29, 1.82) is 0 Å². The number of hydrogen-bond donors (Lipinski definition) is 1. The Hall–Kier alpha value is -1.73. The van der Waals surface area contributed by atoms with Gasteiger partial charge in [0.1, 0.15) is 0 Å². The number of rotatable bonds is 3. The van der Waals surface area contributed by atoms with Crippen LogP contribution in [0.4, 0.5) is 11.4 Å². The highest BCUT2D eigenvalue weighted by Gasteiger charge is 2.43. The van der Waals surface area contributed by atoms with Crippen LogP contribution in [-0.2, 0) is 0 Å². The van der Waals surface area contributed by atoms with Gasteiger partial charge in [-0.1, -0.05) is 0 Å². The van der Waals surface area contributed by atoms with E-state index >= 15 is 0 Å². The lowest BCUT2D eigenvalue weighted by Crippen LogP contribution is -2.44. The van der Waals surface area contributed by atoms with E-state index in [1.54, 1.807) is 0 Å². The molecule has 4 heteroatoms. The van der Waals surface area contributed by atoms with Crippen molar-refractivity contribution in [2.75, 3.05) is 43.4 Å². The van der Waals surface area contributed by atoms with Crippen LogP contribution < -0.4 is 10.2 Å². The second-order valence-corrected chi connectivity index (χ2v) is 5.96. The molecule has 1 saturated carbocycles. The first-order valence-corrected chi connectivity index (χ1v) is 7.41. The molecule has 2 fully saturated rings. The summed E-state index contributed by atoms with van der Waals surface area (Å²) in [6.07, 6.45) is 3.10. The average molecular weight is 270 g/mol. The van der Waals surface area contributed by atoms with Gasteiger partial charge in [0.25, 0.3) is 0 Å². The van der Waals surface area contributed by atoms with Gasteiger partial charge in [-0.15, -0.1) is 0 Å². The Morgan fingerprint density at radius 1 is 1.10 bits per heavy atom. The number of piperazine rings is 1. The molecule has 106 valence electrons. The van der Waals surface area contributed by atoms with E-state index < -0.39 is 0 Å². The standard InChI is InChI=1S/C16H22N4/c1-17-16(8-3-9-16)18-14-4-6-15(7-5-14)20-12-10-19(2)11-13-20/h4-7,18H,3,8-13H2,2H3. The highest BCUT2D eigenvalue weighted by atomic mass is 15.2. The summed E-state index contributed by atoms with van der Waals surface area (Å²) in [7, 11) is 2.17. The quantitative estimate of drug-likeness (QED) is 0.854. The number of benzene rings is 1. The molecule has 4 nitrogen and oxygen atoms in total. The molecule has 20 heavy (non-hydrogen) atoms. The molecule has 1 aliphatic heterocycles. The Morgan fingerprint density at radius 3 is 2.25 bits per heavy atom. The molecular formula is C16H22N4. The Bertz CT molecular complexity index is 490. The summed E-state index contributed by atoms with van der Waals surface area (Å²) in [4.78, 5) is 8.56. The van der Waals surface area contributed by atoms with Gasteiger partial charge in [-0.05, 0) is 37.7 Å². The maximum Gasteiger partial charge on any atom is 0.305 e. The lowest BCUT2D eigenvalue weighted by atomic mass is 9.85. The highest BCUT2D eigenvalue weighted by Crippen LogP contribution is 2.36. The van der Waals surface area contributed by atoms with Crippen molar-refractivity contribution in [3.8, 4) is 0 Å². The van der Waals surface area contributed by atoms with Crippen molar-refractivity contribution in [2.24, 2.45) is 0 Å². The topological polar surface area (TPSA) is 22.9 Å². The van der Waals surface area contributed by atoms with Crippen LogP contribution in [0.25, 0.3) is 4.85 Å². The van der Waals surface area contributed by atoms with Crippen molar-refractivity contribution in [1.82, 2.24) is 4.90 Å². The van der Waals surface area contributed by atoms with E-state index in [0.717, 1.165) is 51.1 Å². The van der Waals surface area contributed by atoms with Gasteiger partial charge < -0.3 is 15.1 Å². The molecule has 0 aromatic heterocycles. The fraction of sp³-hybridized carbons (Fsp3) is 0.562. The number of likely N-dealkylation sites (N-methyl/N-ethyl adjacent to an activating group) is 1. The molecule has 0 radical (unpaired) electrons. The van der Waals surface area contributed by atoms with Gasteiger partial charge in [0.15, 0.2) is 0 Å². The summed E-state index contributed by atoms with van der Waals surface area (Å²) >= 11 is 0. The van der Waals surface area contributed by atoms with Gasteiger partial charge >= 0.3 is 5.66 Å². The van der Waals surface area contributed by atoms with E-state index in [1.807, 2.05) is 0 Å². The zero-order chi connectivity index (χ0) is 14.0. The zero-order valence-corrected chi connectivity index (χ0v) is 12.1. The minimum Gasteiger partial charge on any atom is -0.369 e. The van der Waals surface area contributed by atoms with E-state index in [2.05, 4.69) is 51.3 Å². The molecule has 1 N–H and O–H groups in total. The lowest BCUT2D eigenvalue weighted by Gasteiger charge is -2.34.